The molecule has 2 aromatic carbocycles. The normalized spacial score (nSPS) is 25.3. The highest BCUT2D eigenvalue weighted by Gasteiger charge is 2.56. The number of anilines is 1. The Morgan fingerprint density at radius 1 is 1.10 bits per heavy atom. The van der Waals surface area contributed by atoms with Gasteiger partial charge >= 0.3 is 0 Å². The Morgan fingerprint density at radius 3 is 2.26 bits per heavy atom. The third kappa shape index (κ3) is 5.93. The molecule has 0 radical (unpaired) electrons. The average molecular weight is 589 g/mol. The number of halogens is 4. The number of nitrogens with one attached hydrogen (secondary N) is 2. The molecule has 2 aromatic rings. The van der Waals surface area contributed by atoms with Gasteiger partial charge in [0.25, 0.3) is 5.91 Å². The summed E-state index contributed by atoms with van der Waals surface area (Å²) in [4.78, 5) is 24.8. The Labute approximate surface area is 228 Å². The summed E-state index contributed by atoms with van der Waals surface area (Å²) in [6.07, 6.45) is 0.292. The highest BCUT2D eigenvalue weighted by molar-refractivity contribution is 7.92. The number of sulfone groups is 1. The first kappa shape index (κ1) is 29.3. The number of aliphatic hydroxyl groups is 2. The van der Waals surface area contributed by atoms with E-state index in [0.29, 0.717) is 25.0 Å². The van der Waals surface area contributed by atoms with Crippen LogP contribution in [-0.2, 0) is 14.6 Å². The van der Waals surface area contributed by atoms with Crippen LogP contribution in [0.5, 0.6) is 0 Å². The van der Waals surface area contributed by atoms with Crippen molar-refractivity contribution in [2.75, 3.05) is 11.9 Å². The highest BCUT2D eigenvalue weighted by Crippen LogP contribution is 2.53. The minimum atomic E-state index is -4.09. The molecule has 2 amide bonds. The fourth-order valence-corrected chi connectivity index (χ4v) is 8.01. The standard InChI is InChI=1S/C26H28ClF3N2O6S/c1-13(33)12-31-23(34)11-26(36)15-3-4-16(26)8-18(7-15)39(37,38)22-6-14(2-5-19(22)27)25(35)32-17-9-20(28)24(30)21(29)10-17/h2,5-6,9-10,13,15-16,18,33,36H,3-4,7-8,11-12H2,1H3,(H,31,34)(H,32,35)/t13-,15?,16?,18?,26?/m1/s1. The fourth-order valence-electron chi connectivity index (χ4n) is 5.61. The molecule has 13 heteroatoms. The first-order chi connectivity index (χ1) is 18.2. The summed E-state index contributed by atoms with van der Waals surface area (Å²) in [5.74, 6) is -6.94. The molecule has 0 heterocycles. The molecule has 0 saturated heterocycles. The van der Waals surface area contributed by atoms with Gasteiger partial charge in [0.05, 0.1) is 33.3 Å². The summed E-state index contributed by atoms with van der Waals surface area (Å²) >= 11 is 6.22. The third-order valence-electron chi connectivity index (χ3n) is 7.59. The van der Waals surface area contributed by atoms with Crippen molar-refractivity contribution in [3.63, 3.8) is 0 Å². The van der Waals surface area contributed by atoms with Gasteiger partial charge in [0, 0.05) is 29.9 Å². The van der Waals surface area contributed by atoms with Crippen LogP contribution in [0.15, 0.2) is 35.2 Å². The molecular weight excluding hydrogens is 561 g/mol. The number of hydrogen-bond donors (Lipinski definition) is 4. The number of benzene rings is 2. The second kappa shape index (κ2) is 11.1. The van der Waals surface area contributed by atoms with Gasteiger partial charge in [-0.15, -0.1) is 0 Å². The molecular formula is C26H28ClF3N2O6S. The second-order valence-corrected chi connectivity index (χ2v) is 12.9. The predicted octanol–water partition coefficient (Wildman–Crippen LogP) is 3.59. The van der Waals surface area contributed by atoms with E-state index in [1.807, 2.05) is 0 Å². The molecule has 2 saturated carbocycles. The predicted molar refractivity (Wildman–Crippen MR) is 136 cm³/mol. The number of rotatable bonds is 8. The largest absolute Gasteiger partial charge is 0.392 e. The molecule has 4 N–H and O–H groups in total. The number of carbonyl (C=O) groups is 2. The number of aliphatic hydroxyl groups excluding tert-OH is 1. The molecule has 2 aliphatic carbocycles. The van der Waals surface area contributed by atoms with Gasteiger partial charge in [-0.3, -0.25) is 9.59 Å². The summed E-state index contributed by atoms with van der Waals surface area (Å²) < 4.78 is 67.6. The van der Waals surface area contributed by atoms with Crippen LogP contribution in [-0.4, -0.2) is 53.9 Å². The molecule has 39 heavy (non-hydrogen) atoms. The average Bonchev–Trinajstić information content (AvgIpc) is 3.01. The first-order valence-corrected chi connectivity index (χ1v) is 14.3. The summed E-state index contributed by atoms with van der Waals surface area (Å²) in [6, 6.07) is 4.70. The van der Waals surface area contributed by atoms with Crippen molar-refractivity contribution in [3.8, 4) is 0 Å². The molecule has 4 rings (SSSR count). The summed E-state index contributed by atoms with van der Waals surface area (Å²) in [5, 5.41) is 24.4. The lowest BCUT2D eigenvalue weighted by Gasteiger charge is -2.42. The van der Waals surface area contributed by atoms with E-state index in [2.05, 4.69) is 10.6 Å². The quantitative estimate of drug-likeness (QED) is 0.349. The second-order valence-electron chi connectivity index (χ2n) is 10.3. The van der Waals surface area contributed by atoms with E-state index in [1.165, 1.54) is 19.1 Å². The van der Waals surface area contributed by atoms with Crippen molar-refractivity contribution in [1.82, 2.24) is 5.32 Å². The van der Waals surface area contributed by atoms with Gasteiger partial charge in [-0.1, -0.05) is 11.6 Å². The van der Waals surface area contributed by atoms with E-state index in [0.717, 1.165) is 6.07 Å². The highest BCUT2D eigenvalue weighted by atomic mass is 35.5. The van der Waals surface area contributed by atoms with Crippen molar-refractivity contribution in [3.05, 3.63) is 58.4 Å². The molecule has 0 aliphatic heterocycles. The van der Waals surface area contributed by atoms with E-state index in [-0.39, 0.29) is 47.0 Å². The number of hydrogen-bond acceptors (Lipinski definition) is 6. The lowest BCUT2D eigenvalue weighted by atomic mass is 9.72. The van der Waals surface area contributed by atoms with Crippen LogP contribution in [0.1, 0.15) is 49.4 Å². The van der Waals surface area contributed by atoms with E-state index >= 15 is 0 Å². The van der Waals surface area contributed by atoms with Crippen molar-refractivity contribution in [1.29, 1.82) is 0 Å². The Bertz CT molecular complexity index is 1370. The molecule has 0 aromatic heterocycles. The lowest BCUT2D eigenvalue weighted by Crippen LogP contribution is -2.51. The first-order valence-electron chi connectivity index (χ1n) is 12.4. The molecule has 212 valence electrons. The minimum absolute atomic E-state index is 0.0364. The maximum atomic E-state index is 13.7. The zero-order chi connectivity index (χ0) is 28.7. The van der Waals surface area contributed by atoms with Crippen LogP contribution in [0.25, 0.3) is 0 Å². The zero-order valence-electron chi connectivity index (χ0n) is 20.9. The SMILES string of the molecule is C[C@@H](O)CNC(=O)CC1(O)C2CCC1CC(S(=O)(=O)c1cc(C(=O)Nc3cc(F)c(F)c(F)c3)ccc1Cl)C2. The van der Waals surface area contributed by atoms with Crippen molar-refractivity contribution in [2.45, 2.75) is 60.9 Å². The van der Waals surface area contributed by atoms with Crippen LogP contribution >= 0.6 is 11.6 Å². The molecule has 8 nitrogen and oxygen atoms in total. The summed E-state index contributed by atoms with van der Waals surface area (Å²) in [6.45, 7) is 1.55. The van der Waals surface area contributed by atoms with Crippen LogP contribution in [0.4, 0.5) is 18.9 Å². The van der Waals surface area contributed by atoms with E-state index in [4.69, 9.17) is 11.6 Å². The lowest BCUT2D eigenvalue weighted by molar-refractivity contribution is -0.133. The van der Waals surface area contributed by atoms with Crippen LogP contribution in [0.3, 0.4) is 0 Å². The Balaban J connectivity index is 1.52. The molecule has 0 spiro atoms. The molecule has 2 fully saturated rings. The van der Waals surface area contributed by atoms with Crippen molar-refractivity contribution in [2.24, 2.45) is 11.8 Å². The van der Waals surface area contributed by atoms with E-state index < -0.39 is 67.9 Å². The Morgan fingerprint density at radius 2 is 1.69 bits per heavy atom. The topological polar surface area (TPSA) is 133 Å². The molecule has 2 bridgehead atoms. The van der Waals surface area contributed by atoms with E-state index in [1.54, 1.807) is 0 Å². The Hall–Kier alpha value is -2.67. The van der Waals surface area contributed by atoms with E-state index in [9.17, 15) is 41.4 Å². The Kier molecular flexibility index (Phi) is 8.32. The van der Waals surface area contributed by atoms with Gasteiger partial charge in [-0.05, 0) is 62.6 Å². The number of carbonyl (C=O) groups excluding carboxylic acids is 2. The van der Waals surface area contributed by atoms with Crippen molar-refractivity contribution >= 4 is 38.9 Å². The van der Waals surface area contributed by atoms with Gasteiger partial charge in [0.2, 0.25) is 5.91 Å². The van der Waals surface area contributed by atoms with Crippen LogP contribution < -0.4 is 10.6 Å². The molecule has 3 atom stereocenters. The minimum Gasteiger partial charge on any atom is -0.392 e. The monoisotopic (exact) mass is 588 g/mol. The van der Waals surface area contributed by atoms with Gasteiger partial charge in [-0.2, -0.15) is 0 Å². The molecule has 2 unspecified atom stereocenters. The van der Waals surface area contributed by atoms with Gasteiger partial charge in [0.1, 0.15) is 0 Å². The molecule has 2 aliphatic rings. The summed E-state index contributed by atoms with van der Waals surface area (Å²) in [5.41, 5.74) is -1.90. The number of fused-ring (bicyclic) bond motifs is 2. The summed E-state index contributed by atoms with van der Waals surface area (Å²) in [7, 11) is -4.09. The van der Waals surface area contributed by atoms with Crippen molar-refractivity contribution < 1.29 is 41.4 Å². The van der Waals surface area contributed by atoms with Crippen LogP contribution in [0.2, 0.25) is 5.02 Å². The maximum Gasteiger partial charge on any atom is 0.255 e. The van der Waals surface area contributed by atoms with Crippen LogP contribution in [0, 0.1) is 29.3 Å². The van der Waals surface area contributed by atoms with Gasteiger partial charge in [-0.25, -0.2) is 21.6 Å². The fraction of sp³-hybridized carbons (Fsp3) is 0.462. The third-order valence-corrected chi connectivity index (χ3v) is 10.2. The number of amides is 2. The van der Waals surface area contributed by atoms with Gasteiger partial charge < -0.3 is 20.8 Å². The smallest absolute Gasteiger partial charge is 0.255 e. The maximum absolute atomic E-state index is 13.7. The van der Waals surface area contributed by atoms with Gasteiger partial charge in [0.15, 0.2) is 27.3 Å². The zero-order valence-corrected chi connectivity index (χ0v) is 22.5.